The summed E-state index contributed by atoms with van der Waals surface area (Å²) in [4.78, 5) is 37.4. The summed E-state index contributed by atoms with van der Waals surface area (Å²) in [6.07, 6.45) is 6.89. The van der Waals surface area contributed by atoms with Crippen molar-refractivity contribution in [1.82, 2.24) is 19.5 Å². The van der Waals surface area contributed by atoms with Gasteiger partial charge in [-0.2, -0.15) is 4.98 Å². The highest BCUT2D eigenvalue weighted by Gasteiger charge is 2.14. The van der Waals surface area contributed by atoms with Gasteiger partial charge in [0.1, 0.15) is 12.1 Å². The molecule has 10 heteroatoms. The van der Waals surface area contributed by atoms with Crippen LogP contribution in [0, 0.1) is 9.39 Å². The second-order valence-electron chi connectivity index (χ2n) is 7.63. The largest absolute Gasteiger partial charge is 0.465 e. The van der Waals surface area contributed by atoms with E-state index < -0.39 is 5.97 Å². The molecule has 0 fully saturated rings. The maximum atomic E-state index is 13.3. The Morgan fingerprint density at radius 2 is 1.80 bits per heavy atom. The third-order valence-electron chi connectivity index (χ3n) is 5.11. The van der Waals surface area contributed by atoms with Crippen molar-refractivity contribution in [2.75, 3.05) is 7.11 Å². The van der Waals surface area contributed by atoms with Crippen molar-refractivity contribution in [3.05, 3.63) is 115 Å². The quantitative estimate of drug-likeness (QED) is 0.127. The Morgan fingerprint density at radius 3 is 2.51 bits per heavy atom. The lowest BCUT2D eigenvalue weighted by molar-refractivity contribution is 0.0599. The number of aromatic nitrogens is 4. The maximum Gasteiger partial charge on any atom is 0.338 e. The van der Waals surface area contributed by atoms with Crippen molar-refractivity contribution in [1.29, 1.82) is 0 Å². The summed E-state index contributed by atoms with van der Waals surface area (Å²) in [5.74, 6) is -0.202. The molecule has 0 unspecified atom stereocenters. The lowest BCUT2D eigenvalue weighted by Gasteiger charge is -2.15. The van der Waals surface area contributed by atoms with E-state index in [0.717, 1.165) is 20.3 Å². The Labute approximate surface area is 219 Å². The molecule has 0 aliphatic rings. The van der Waals surface area contributed by atoms with E-state index in [1.54, 1.807) is 36.8 Å². The molecule has 0 atom stereocenters. The number of esters is 1. The second kappa shape index (κ2) is 11.5. The average Bonchev–Trinajstić information content (AvgIpc) is 2.87. The fraction of sp³-hybridized carbons (Fsp3) is 0.160. The van der Waals surface area contributed by atoms with Gasteiger partial charge in [0, 0.05) is 46.4 Å². The highest BCUT2D eigenvalue weighted by molar-refractivity contribution is 14.1. The topological polar surface area (TPSA) is 87.0 Å². The summed E-state index contributed by atoms with van der Waals surface area (Å²) >= 11 is 3.48. The van der Waals surface area contributed by atoms with E-state index in [1.807, 2.05) is 16.7 Å². The van der Waals surface area contributed by atoms with Crippen LogP contribution in [0.25, 0.3) is 0 Å². The first-order valence-electron chi connectivity index (χ1n) is 10.5. The van der Waals surface area contributed by atoms with Gasteiger partial charge in [-0.25, -0.2) is 19.2 Å². The van der Waals surface area contributed by atoms with Crippen molar-refractivity contribution in [3.63, 3.8) is 0 Å². The molecule has 178 valence electrons. The molecule has 0 bridgehead atoms. The van der Waals surface area contributed by atoms with Gasteiger partial charge in [-0.15, -0.1) is 0 Å². The van der Waals surface area contributed by atoms with Crippen molar-refractivity contribution in [2.24, 2.45) is 0 Å². The predicted molar refractivity (Wildman–Crippen MR) is 139 cm³/mol. The number of methoxy groups -OCH3 is 1. The van der Waals surface area contributed by atoms with E-state index in [1.165, 1.54) is 37.3 Å². The van der Waals surface area contributed by atoms with Crippen LogP contribution < -0.4 is 5.56 Å². The van der Waals surface area contributed by atoms with Gasteiger partial charge < -0.3 is 9.30 Å². The molecular weight excluding hydrogens is 582 g/mol. The van der Waals surface area contributed by atoms with Crippen LogP contribution in [-0.2, 0) is 23.5 Å². The summed E-state index contributed by atoms with van der Waals surface area (Å²) in [7, 11) is 1.35. The van der Waals surface area contributed by atoms with E-state index in [4.69, 9.17) is 4.74 Å². The molecular formula is C25H20FIN4O3S. The van der Waals surface area contributed by atoms with Crippen LogP contribution in [0.15, 0.2) is 77.3 Å². The van der Waals surface area contributed by atoms with Crippen LogP contribution in [0.1, 0.15) is 32.6 Å². The monoisotopic (exact) mass is 602 g/mol. The van der Waals surface area contributed by atoms with Crippen LogP contribution in [0.5, 0.6) is 0 Å². The highest BCUT2D eigenvalue weighted by Crippen LogP contribution is 2.23. The van der Waals surface area contributed by atoms with Crippen molar-refractivity contribution in [3.8, 4) is 0 Å². The number of ether oxygens (including phenoxy) is 1. The number of hydrogen-bond donors (Lipinski definition) is 0. The summed E-state index contributed by atoms with van der Waals surface area (Å²) < 4.78 is 20.8. The number of halogens is 2. The van der Waals surface area contributed by atoms with Gasteiger partial charge in [-0.3, -0.25) is 4.79 Å². The number of carbonyl (C=O) groups excluding carboxylic acids is 1. The zero-order valence-corrected chi connectivity index (χ0v) is 21.6. The molecule has 0 aliphatic carbocycles. The maximum absolute atomic E-state index is 13.3. The first-order chi connectivity index (χ1) is 16.9. The summed E-state index contributed by atoms with van der Waals surface area (Å²) in [5, 5.41) is 0.519. The minimum atomic E-state index is -0.412. The number of hydrogen-bond acceptors (Lipinski definition) is 7. The van der Waals surface area contributed by atoms with Gasteiger partial charge >= 0.3 is 5.97 Å². The lowest BCUT2D eigenvalue weighted by atomic mass is 10.1. The van der Waals surface area contributed by atoms with E-state index in [-0.39, 0.29) is 11.4 Å². The number of benzene rings is 2. The molecule has 0 saturated carbocycles. The molecule has 0 amide bonds. The van der Waals surface area contributed by atoms with Crippen LogP contribution >= 0.6 is 34.4 Å². The fourth-order valence-electron chi connectivity index (χ4n) is 3.37. The standard InChI is InChI=1S/C25H20FIN4O3S/c1-34-24(33)21-9-17(4-7-22(21)27)12-31-13-19(8-18-10-28-15-29-11-18)23(32)30-25(31)35-14-16-2-5-20(26)6-3-16/h2-7,9-11,13,15H,8,12,14H2,1H3. The second-order valence-corrected chi connectivity index (χ2v) is 9.73. The van der Waals surface area contributed by atoms with E-state index >= 15 is 0 Å². The Balaban J connectivity index is 1.68. The number of nitrogens with zero attached hydrogens (tertiary/aromatic N) is 4. The fourth-order valence-corrected chi connectivity index (χ4v) is 4.85. The molecule has 2 aromatic carbocycles. The van der Waals surface area contributed by atoms with Gasteiger partial charge in [-0.1, -0.05) is 30.0 Å². The van der Waals surface area contributed by atoms with E-state index in [0.29, 0.717) is 35.0 Å². The Morgan fingerprint density at radius 1 is 1.09 bits per heavy atom. The minimum absolute atomic E-state index is 0.303. The lowest BCUT2D eigenvalue weighted by Crippen LogP contribution is -2.20. The summed E-state index contributed by atoms with van der Waals surface area (Å²) in [5.41, 5.74) is 3.21. The van der Waals surface area contributed by atoms with Gasteiger partial charge in [0.15, 0.2) is 5.16 Å². The highest BCUT2D eigenvalue weighted by atomic mass is 127. The first kappa shape index (κ1) is 25.0. The summed E-state index contributed by atoms with van der Waals surface area (Å²) in [6.45, 7) is 0.387. The van der Waals surface area contributed by atoms with E-state index in [9.17, 15) is 14.0 Å². The van der Waals surface area contributed by atoms with Crippen molar-refractivity contribution >= 4 is 40.3 Å². The summed E-state index contributed by atoms with van der Waals surface area (Å²) in [6, 6.07) is 11.8. The molecule has 0 saturated heterocycles. The molecule has 4 rings (SSSR count). The van der Waals surface area contributed by atoms with Crippen molar-refractivity contribution in [2.45, 2.75) is 23.9 Å². The molecule has 4 aromatic rings. The first-order valence-corrected chi connectivity index (χ1v) is 12.6. The van der Waals surface area contributed by atoms with Crippen LogP contribution in [0.4, 0.5) is 4.39 Å². The van der Waals surface area contributed by atoms with Crippen molar-refractivity contribution < 1.29 is 13.9 Å². The van der Waals surface area contributed by atoms with E-state index in [2.05, 4.69) is 37.5 Å². The van der Waals surface area contributed by atoms with Gasteiger partial charge in [0.2, 0.25) is 0 Å². The van der Waals surface area contributed by atoms with Gasteiger partial charge in [0.25, 0.3) is 5.56 Å². The molecule has 35 heavy (non-hydrogen) atoms. The molecule has 0 aliphatic heterocycles. The smallest absolute Gasteiger partial charge is 0.338 e. The normalized spacial score (nSPS) is 10.8. The number of rotatable bonds is 8. The molecule has 2 heterocycles. The molecule has 2 aromatic heterocycles. The average molecular weight is 602 g/mol. The Kier molecular flexibility index (Phi) is 8.24. The minimum Gasteiger partial charge on any atom is -0.465 e. The zero-order valence-electron chi connectivity index (χ0n) is 18.6. The molecule has 0 N–H and O–H groups in total. The number of thioether (sulfide) groups is 1. The van der Waals surface area contributed by atoms with Crippen LogP contribution in [-0.4, -0.2) is 32.6 Å². The van der Waals surface area contributed by atoms with Gasteiger partial charge in [0.05, 0.1) is 12.7 Å². The molecule has 7 nitrogen and oxygen atoms in total. The Bertz CT molecular complexity index is 1400. The SMILES string of the molecule is COC(=O)c1cc(Cn2cc(Cc3cncnc3)c(=O)nc2SCc2ccc(F)cc2)ccc1I. The molecule has 0 radical (unpaired) electrons. The van der Waals surface area contributed by atoms with Crippen LogP contribution in [0.3, 0.4) is 0 Å². The third-order valence-corrected chi connectivity index (χ3v) is 7.11. The predicted octanol–water partition coefficient (Wildman–Crippen LogP) is 4.50. The van der Waals surface area contributed by atoms with Crippen LogP contribution in [0.2, 0.25) is 0 Å². The Hall–Kier alpha value is -3.12. The zero-order chi connectivity index (χ0) is 24.8. The third kappa shape index (κ3) is 6.51. The molecule has 0 spiro atoms. The van der Waals surface area contributed by atoms with Gasteiger partial charge in [-0.05, 0) is 63.5 Å². The number of carbonyl (C=O) groups is 1.